The highest BCUT2D eigenvalue weighted by atomic mass is 16.3. The topological polar surface area (TPSA) is 32.3 Å². The van der Waals surface area contributed by atoms with E-state index in [1.54, 1.807) is 0 Å². The van der Waals surface area contributed by atoms with Gasteiger partial charge in [0.15, 0.2) is 0 Å². The molecule has 0 aromatic heterocycles. The molecule has 0 spiro atoms. The van der Waals surface area contributed by atoms with Crippen LogP contribution in [-0.2, 0) is 6.42 Å². The van der Waals surface area contributed by atoms with Gasteiger partial charge in [-0.2, -0.15) is 0 Å². The average molecular weight is 283 g/mol. The zero-order valence-corrected chi connectivity index (χ0v) is 12.7. The van der Waals surface area contributed by atoms with Gasteiger partial charge in [-0.3, -0.25) is 0 Å². The zero-order chi connectivity index (χ0) is 14.9. The Kier molecular flexibility index (Phi) is 6.45. The van der Waals surface area contributed by atoms with Crippen molar-refractivity contribution in [1.82, 2.24) is 5.32 Å². The molecule has 0 aliphatic heterocycles. The molecule has 2 unspecified atom stereocenters. The first-order valence-corrected chi connectivity index (χ1v) is 7.79. The Hall–Kier alpha value is -1.64. The van der Waals surface area contributed by atoms with Gasteiger partial charge >= 0.3 is 0 Å². The molecular formula is C19H25NO. The number of aliphatic hydroxyl groups is 1. The molecule has 2 aromatic rings. The van der Waals surface area contributed by atoms with Crippen molar-refractivity contribution in [3.8, 4) is 0 Å². The van der Waals surface area contributed by atoms with Gasteiger partial charge in [-0.1, -0.05) is 74.0 Å². The van der Waals surface area contributed by atoms with E-state index in [2.05, 4.69) is 48.6 Å². The monoisotopic (exact) mass is 283 g/mol. The second-order valence-corrected chi connectivity index (χ2v) is 5.49. The molecule has 21 heavy (non-hydrogen) atoms. The number of nitrogens with one attached hydrogen (secondary N) is 1. The third kappa shape index (κ3) is 5.00. The Morgan fingerprint density at radius 3 is 2.14 bits per heavy atom. The van der Waals surface area contributed by atoms with E-state index in [4.69, 9.17) is 0 Å². The summed E-state index contributed by atoms with van der Waals surface area (Å²) in [4.78, 5) is 0. The van der Waals surface area contributed by atoms with Gasteiger partial charge in [-0.05, 0) is 24.0 Å². The summed E-state index contributed by atoms with van der Waals surface area (Å²) >= 11 is 0. The fourth-order valence-corrected chi connectivity index (χ4v) is 2.68. The van der Waals surface area contributed by atoms with Crippen molar-refractivity contribution >= 4 is 0 Å². The number of rotatable bonds is 8. The van der Waals surface area contributed by atoms with E-state index in [1.165, 1.54) is 11.1 Å². The predicted octanol–water partition coefficient (Wildman–Crippen LogP) is 3.72. The Morgan fingerprint density at radius 2 is 1.57 bits per heavy atom. The van der Waals surface area contributed by atoms with Crippen LogP contribution in [0.4, 0.5) is 0 Å². The fraction of sp³-hybridized carbons (Fsp3) is 0.368. The van der Waals surface area contributed by atoms with E-state index >= 15 is 0 Å². The summed E-state index contributed by atoms with van der Waals surface area (Å²) < 4.78 is 0. The smallest absolute Gasteiger partial charge is 0.0588 e. The third-order valence-electron chi connectivity index (χ3n) is 3.76. The third-order valence-corrected chi connectivity index (χ3v) is 3.76. The standard InChI is InChI=1S/C19H25NO/c1-2-9-19(17-12-7-4-8-13-17)20-18(15-21)14-16-10-5-3-6-11-16/h3-8,10-13,18-21H,2,9,14-15H2,1H3. The van der Waals surface area contributed by atoms with E-state index in [9.17, 15) is 5.11 Å². The minimum Gasteiger partial charge on any atom is -0.395 e. The highest BCUT2D eigenvalue weighted by Gasteiger charge is 2.16. The summed E-state index contributed by atoms with van der Waals surface area (Å²) in [6.07, 6.45) is 3.05. The molecule has 0 fully saturated rings. The minimum atomic E-state index is 0.0872. The molecular weight excluding hydrogens is 258 g/mol. The van der Waals surface area contributed by atoms with Crippen LogP contribution in [0.2, 0.25) is 0 Å². The molecule has 0 saturated carbocycles. The van der Waals surface area contributed by atoms with Crippen molar-refractivity contribution in [2.45, 2.75) is 38.3 Å². The van der Waals surface area contributed by atoms with Crippen LogP contribution in [0, 0.1) is 0 Å². The molecule has 2 N–H and O–H groups in total. The second-order valence-electron chi connectivity index (χ2n) is 5.49. The molecule has 0 radical (unpaired) electrons. The van der Waals surface area contributed by atoms with Crippen LogP contribution in [0.3, 0.4) is 0 Å². The maximum atomic E-state index is 9.69. The summed E-state index contributed by atoms with van der Waals surface area (Å²) in [5, 5.41) is 13.3. The van der Waals surface area contributed by atoms with E-state index in [0.29, 0.717) is 6.04 Å². The van der Waals surface area contributed by atoms with Gasteiger partial charge in [0.25, 0.3) is 0 Å². The Labute approximate surface area is 127 Å². The van der Waals surface area contributed by atoms with Crippen LogP contribution in [-0.4, -0.2) is 17.8 Å². The largest absolute Gasteiger partial charge is 0.395 e. The highest BCUT2D eigenvalue weighted by molar-refractivity contribution is 5.20. The van der Waals surface area contributed by atoms with E-state index in [1.807, 2.05) is 24.3 Å². The van der Waals surface area contributed by atoms with Gasteiger partial charge < -0.3 is 10.4 Å². The van der Waals surface area contributed by atoms with Crippen LogP contribution >= 0.6 is 0 Å². The Bertz CT molecular complexity index is 497. The van der Waals surface area contributed by atoms with Gasteiger partial charge in [-0.25, -0.2) is 0 Å². The van der Waals surface area contributed by atoms with Gasteiger partial charge in [0, 0.05) is 12.1 Å². The second kappa shape index (κ2) is 8.60. The number of benzene rings is 2. The molecule has 0 aliphatic carbocycles. The molecule has 2 nitrogen and oxygen atoms in total. The summed E-state index contributed by atoms with van der Waals surface area (Å²) in [6.45, 7) is 2.35. The molecule has 0 amide bonds. The van der Waals surface area contributed by atoms with Gasteiger partial charge in [-0.15, -0.1) is 0 Å². The molecule has 2 aromatic carbocycles. The minimum absolute atomic E-state index is 0.0872. The number of hydrogen-bond donors (Lipinski definition) is 2. The van der Waals surface area contributed by atoms with Gasteiger partial charge in [0.2, 0.25) is 0 Å². The average Bonchev–Trinajstić information content (AvgIpc) is 2.55. The first-order chi connectivity index (χ1) is 10.3. The Morgan fingerprint density at radius 1 is 0.952 bits per heavy atom. The maximum Gasteiger partial charge on any atom is 0.0588 e. The Balaban J connectivity index is 2.03. The van der Waals surface area contributed by atoms with Crippen molar-refractivity contribution in [3.05, 3.63) is 71.8 Å². The van der Waals surface area contributed by atoms with Crippen molar-refractivity contribution in [2.75, 3.05) is 6.61 Å². The van der Waals surface area contributed by atoms with Crippen molar-refractivity contribution < 1.29 is 5.11 Å². The first kappa shape index (κ1) is 15.7. The van der Waals surface area contributed by atoms with Crippen LogP contribution in [0.15, 0.2) is 60.7 Å². The molecule has 0 saturated heterocycles. The predicted molar refractivity (Wildman–Crippen MR) is 88.2 cm³/mol. The lowest BCUT2D eigenvalue weighted by atomic mass is 9.99. The molecule has 2 atom stereocenters. The molecule has 2 rings (SSSR count). The summed E-state index contributed by atoms with van der Waals surface area (Å²) in [5.41, 5.74) is 2.55. The molecule has 0 aliphatic rings. The molecule has 0 bridgehead atoms. The van der Waals surface area contributed by atoms with E-state index < -0.39 is 0 Å². The van der Waals surface area contributed by atoms with Crippen LogP contribution in [0.1, 0.15) is 36.9 Å². The first-order valence-electron chi connectivity index (χ1n) is 7.79. The maximum absolute atomic E-state index is 9.69. The van der Waals surface area contributed by atoms with Crippen LogP contribution in [0.25, 0.3) is 0 Å². The summed E-state index contributed by atoms with van der Waals surface area (Å²) in [6, 6.07) is 21.2. The zero-order valence-electron chi connectivity index (χ0n) is 12.7. The van der Waals surface area contributed by atoms with Crippen LogP contribution in [0.5, 0.6) is 0 Å². The summed E-state index contributed by atoms with van der Waals surface area (Å²) in [5.74, 6) is 0. The molecule has 112 valence electrons. The summed E-state index contributed by atoms with van der Waals surface area (Å²) in [7, 11) is 0. The molecule has 2 heteroatoms. The van der Waals surface area contributed by atoms with E-state index in [0.717, 1.165) is 19.3 Å². The van der Waals surface area contributed by atoms with E-state index in [-0.39, 0.29) is 12.6 Å². The van der Waals surface area contributed by atoms with Gasteiger partial charge in [0.05, 0.1) is 6.61 Å². The lowest BCUT2D eigenvalue weighted by Crippen LogP contribution is -2.37. The van der Waals surface area contributed by atoms with Crippen molar-refractivity contribution in [3.63, 3.8) is 0 Å². The SMILES string of the molecule is CCCC(NC(CO)Cc1ccccc1)c1ccccc1. The fourth-order valence-electron chi connectivity index (χ4n) is 2.68. The van der Waals surface area contributed by atoms with Crippen LogP contribution < -0.4 is 5.32 Å². The number of aliphatic hydroxyl groups excluding tert-OH is 1. The normalized spacial score (nSPS) is 13.8. The van der Waals surface area contributed by atoms with Crippen molar-refractivity contribution in [1.29, 1.82) is 0 Å². The quantitative estimate of drug-likeness (QED) is 0.774. The lowest BCUT2D eigenvalue weighted by molar-refractivity contribution is 0.227. The van der Waals surface area contributed by atoms with Gasteiger partial charge in [0.1, 0.15) is 0 Å². The molecule has 0 heterocycles. The highest BCUT2D eigenvalue weighted by Crippen LogP contribution is 2.19. The number of hydrogen-bond acceptors (Lipinski definition) is 2. The lowest BCUT2D eigenvalue weighted by Gasteiger charge is -2.25. The van der Waals surface area contributed by atoms with Crippen molar-refractivity contribution in [2.24, 2.45) is 0 Å².